The monoisotopic (exact) mass is 437 g/mol. The summed E-state index contributed by atoms with van der Waals surface area (Å²) in [6.45, 7) is 2.01. The van der Waals surface area contributed by atoms with Gasteiger partial charge in [0.05, 0.1) is 12.7 Å². The van der Waals surface area contributed by atoms with Crippen molar-refractivity contribution in [1.29, 1.82) is 0 Å². The lowest BCUT2D eigenvalue weighted by molar-refractivity contribution is -0.115. The van der Waals surface area contributed by atoms with Crippen LogP contribution in [0.2, 0.25) is 5.02 Å². The topological polar surface area (TPSA) is 106 Å². The van der Waals surface area contributed by atoms with E-state index in [1.807, 2.05) is 6.92 Å². The molecule has 9 heteroatoms. The molecule has 0 saturated heterocycles. The Labute approximate surface area is 182 Å². The minimum Gasteiger partial charge on any atom is -0.463 e. The van der Waals surface area contributed by atoms with Crippen LogP contribution in [0.4, 0.5) is 5.82 Å². The van der Waals surface area contributed by atoms with Gasteiger partial charge in [0.2, 0.25) is 11.9 Å². The normalized spacial score (nSPS) is 10.9. The standard InChI is InChI=1S/C22H20ClN5O3/c1-2-4-16-12-21(30)26-22(24-16)28-19(13-17(27-28)18-5-3-10-31-18)25-20(29)11-14-6-8-15(23)9-7-14/h3,5-10,12-13H,2,4,11H2,1H3,(H,25,29)(H,24,26,30). The first-order chi connectivity index (χ1) is 15.0. The van der Waals surface area contributed by atoms with Crippen LogP contribution < -0.4 is 10.9 Å². The van der Waals surface area contributed by atoms with Crippen molar-refractivity contribution in [3.8, 4) is 17.4 Å². The highest BCUT2D eigenvalue weighted by molar-refractivity contribution is 6.30. The third-order valence-corrected chi connectivity index (χ3v) is 4.77. The van der Waals surface area contributed by atoms with Crippen LogP contribution in [0.5, 0.6) is 0 Å². The second-order valence-corrected chi connectivity index (χ2v) is 7.40. The summed E-state index contributed by atoms with van der Waals surface area (Å²) in [6, 6.07) is 13.7. The molecule has 1 amide bonds. The van der Waals surface area contributed by atoms with Crippen LogP contribution in [0, 0.1) is 0 Å². The van der Waals surface area contributed by atoms with Crippen LogP contribution in [0.15, 0.2) is 64.0 Å². The second kappa shape index (κ2) is 9.01. The van der Waals surface area contributed by atoms with Crippen molar-refractivity contribution in [1.82, 2.24) is 19.7 Å². The number of rotatable bonds is 7. The molecule has 8 nitrogen and oxygen atoms in total. The van der Waals surface area contributed by atoms with Crippen molar-refractivity contribution in [3.05, 3.63) is 81.4 Å². The van der Waals surface area contributed by atoms with E-state index in [0.29, 0.717) is 34.4 Å². The molecule has 158 valence electrons. The molecule has 0 atom stereocenters. The Kier molecular flexibility index (Phi) is 5.99. The van der Waals surface area contributed by atoms with E-state index in [2.05, 4.69) is 20.4 Å². The fourth-order valence-corrected chi connectivity index (χ4v) is 3.26. The van der Waals surface area contributed by atoms with Crippen molar-refractivity contribution in [2.75, 3.05) is 5.32 Å². The average molecular weight is 438 g/mol. The van der Waals surface area contributed by atoms with Crippen LogP contribution in [0.1, 0.15) is 24.6 Å². The lowest BCUT2D eigenvalue weighted by atomic mass is 10.1. The Morgan fingerprint density at radius 2 is 2.03 bits per heavy atom. The van der Waals surface area contributed by atoms with Gasteiger partial charge in [0.1, 0.15) is 11.5 Å². The van der Waals surface area contributed by atoms with Gasteiger partial charge in [-0.15, -0.1) is 0 Å². The minimum absolute atomic E-state index is 0.151. The quantitative estimate of drug-likeness (QED) is 0.454. The molecule has 0 aliphatic carbocycles. The molecule has 0 aliphatic heterocycles. The number of H-pyrrole nitrogens is 1. The average Bonchev–Trinajstić information content (AvgIpc) is 3.39. The molecule has 0 radical (unpaired) electrons. The molecule has 0 spiro atoms. The highest BCUT2D eigenvalue weighted by Gasteiger charge is 2.17. The first-order valence-corrected chi connectivity index (χ1v) is 10.2. The number of furan rings is 1. The predicted octanol–water partition coefficient (Wildman–Crippen LogP) is 4.00. The Bertz CT molecular complexity index is 1240. The van der Waals surface area contributed by atoms with Crippen molar-refractivity contribution < 1.29 is 9.21 Å². The molecule has 1 aromatic carbocycles. The number of nitrogens with one attached hydrogen (secondary N) is 2. The van der Waals surface area contributed by atoms with Gasteiger partial charge < -0.3 is 9.73 Å². The Hall–Kier alpha value is -3.65. The van der Waals surface area contributed by atoms with Crippen molar-refractivity contribution in [3.63, 3.8) is 0 Å². The SMILES string of the molecule is CCCc1cc(=O)[nH]c(-n2nc(-c3ccco3)cc2NC(=O)Cc2ccc(Cl)cc2)n1. The number of benzene rings is 1. The minimum atomic E-state index is -0.290. The summed E-state index contributed by atoms with van der Waals surface area (Å²) in [5.74, 6) is 0.859. The first-order valence-electron chi connectivity index (χ1n) is 9.80. The fraction of sp³-hybridized carbons (Fsp3) is 0.182. The zero-order valence-corrected chi connectivity index (χ0v) is 17.5. The molecule has 4 rings (SSSR count). The molecule has 0 saturated carbocycles. The maximum Gasteiger partial charge on any atom is 0.252 e. The summed E-state index contributed by atoms with van der Waals surface area (Å²) in [6.07, 6.45) is 3.19. The number of aromatic amines is 1. The molecular weight excluding hydrogens is 418 g/mol. The lowest BCUT2D eigenvalue weighted by Gasteiger charge is -2.09. The molecule has 2 N–H and O–H groups in total. The summed E-state index contributed by atoms with van der Waals surface area (Å²) in [7, 11) is 0. The smallest absolute Gasteiger partial charge is 0.252 e. The molecular formula is C22H20ClN5O3. The van der Waals surface area contributed by atoms with Gasteiger partial charge in [-0.1, -0.05) is 37.1 Å². The van der Waals surface area contributed by atoms with Crippen LogP contribution in [0.3, 0.4) is 0 Å². The highest BCUT2D eigenvalue weighted by Crippen LogP contribution is 2.24. The summed E-state index contributed by atoms with van der Waals surface area (Å²) in [4.78, 5) is 32.0. The number of carbonyl (C=O) groups excluding carboxylic acids is 1. The van der Waals surface area contributed by atoms with Crippen LogP contribution in [-0.4, -0.2) is 25.7 Å². The van der Waals surface area contributed by atoms with E-state index >= 15 is 0 Å². The number of anilines is 1. The van der Waals surface area contributed by atoms with Crippen LogP contribution in [0.25, 0.3) is 17.4 Å². The number of hydrogen-bond donors (Lipinski definition) is 2. The van der Waals surface area contributed by atoms with Crippen LogP contribution in [-0.2, 0) is 17.6 Å². The van der Waals surface area contributed by atoms with Gasteiger partial charge in [-0.05, 0) is 36.2 Å². The maximum atomic E-state index is 12.7. The highest BCUT2D eigenvalue weighted by atomic mass is 35.5. The van der Waals surface area contributed by atoms with E-state index in [-0.39, 0.29) is 23.8 Å². The summed E-state index contributed by atoms with van der Waals surface area (Å²) >= 11 is 5.91. The third kappa shape index (κ3) is 4.92. The molecule has 0 fully saturated rings. The van der Waals surface area contributed by atoms with Gasteiger partial charge >= 0.3 is 0 Å². The number of hydrogen-bond acceptors (Lipinski definition) is 5. The van der Waals surface area contributed by atoms with E-state index < -0.39 is 0 Å². The summed E-state index contributed by atoms with van der Waals surface area (Å²) in [5.41, 5.74) is 1.67. The van der Waals surface area contributed by atoms with Crippen molar-refractivity contribution in [2.45, 2.75) is 26.2 Å². The van der Waals surface area contributed by atoms with Crippen molar-refractivity contribution >= 4 is 23.3 Å². The second-order valence-electron chi connectivity index (χ2n) is 6.97. The predicted molar refractivity (Wildman–Crippen MR) is 117 cm³/mol. The number of aryl methyl sites for hydroxylation is 1. The van der Waals surface area contributed by atoms with E-state index in [9.17, 15) is 9.59 Å². The first kappa shape index (κ1) is 20.6. The Morgan fingerprint density at radius 3 is 2.74 bits per heavy atom. The van der Waals surface area contributed by atoms with Crippen molar-refractivity contribution in [2.24, 2.45) is 0 Å². The fourth-order valence-electron chi connectivity index (χ4n) is 3.13. The molecule has 3 heterocycles. The number of aromatic nitrogens is 4. The van der Waals surface area contributed by atoms with Gasteiger partial charge in [-0.3, -0.25) is 14.6 Å². The van der Waals surface area contributed by atoms with Gasteiger partial charge in [0, 0.05) is 22.8 Å². The van der Waals surface area contributed by atoms with Crippen LogP contribution >= 0.6 is 11.6 Å². The Morgan fingerprint density at radius 1 is 1.23 bits per heavy atom. The maximum absolute atomic E-state index is 12.7. The van der Waals surface area contributed by atoms with E-state index in [1.54, 1.807) is 42.5 Å². The molecule has 4 aromatic rings. The van der Waals surface area contributed by atoms with E-state index in [4.69, 9.17) is 16.0 Å². The lowest BCUT2D eigenvalue weighted by Crippen LogP contribution is -2.20. The number of nitrogens with zero attached hydrogens (tertiary/aromatic N) is 3. The van der Waals surface area contributed by atoms with E-state index in [0.717, 1.165) is 12.0 Å². The molecule has 0 bridgehead atoms. The molecule has 3 aromatic heterocycles. The number of halogens is 1. The molecule has 0 aliphatic rings. The molecule has 0 unspecified atom stereocenters. The van der Waals surface area contributed by atoms with Gasteiger partial charge in [-0.25, -0.2) is 4.98 Å². The number of carbonyl (C=O) groups is 1. The third-order valence-electron chi connectivity index (χ3n) is 4.52. The largest absolute Gasteiger partial charge is 0.463 e. The van der Waals surface area contributed by atoms with Gasteiger partial charge in [0.25, 0.3) is 5.56 Å². The Balaban J connectivity index is 1.68. The summed E-state index contributed by atoms with van der Waals surface area (Å²) < 4.78 is 6.83. The van der Waals surface area contributed by atoms with E-state index in [1.165, 1.54) is 17.0 Å². The zero-order valence-electron chi connectivity index (χ0n) is 16.8. The van der Waals surface area contributed by atoms with Gasteiger partial charge in [0.15, 0.2) is 5.76 Å². The molecule has 31 heavy (non-hydrogen) atoms. The van der Waals surface area contributed by atoms with Gasteiger partial charge in [-0.2, -0.15) is 9.78 Å². The zero-order chi connectivity index (χ0) is 21.8. The number of amides is 1. The summed E-state index contributed by atoms with van der Waals surface area (Å²) in [5, 5.41) is 7.95.